The monoisotopic (exact) mass is 560 g/mol. The molecule has 3 aromatic heterocycles. The summed E-state index contributed by atoms with van der Waals surface area (Å²) in [6, 6.07) is 8.00. The van der Waals surface area contributed by atoms with Crippen LogP contribution in [0.2, 0.25) is 0 Å². The van der Waals surface area contributed by atoms with Gasteiger partial charge in [-0.25, -0.2) is 0 Å². The van der Waals surface area contributed by atoms with Crippen molar-refractivity contribution < 1.29 is 22.8 Å². The number of hydrogen-bond acceptors (Lipinski definition) is 4. The Morgan fingerprint density at radius 1 is 1.19 bits per heavy atom. The zero-order chi connectivity index (χ0) is 25.4. The maximum absolute atomic E-state index is 13.0. The summed E-state index contributed by atoms with van der Waals surface area (Å²) in [6.07, 6.45) is -0.887. The second kappa shape index (κ2) is 9.41. The molecule has 5 rings (SSSR count). The van der Waals surface area contributed by atoms with Crippen LogP contribution >= 0.6 is 15.9 Å². The summed E-state index contributed by atoms with van der Waals surface area (Å²) in [6.45, 7) is 0.765. The topological polar surface area (TPSA) is 107 Å². The van der Waals surface area contributed by atoms with Crippen molar-refractivity contribution in [3.63, 3.8) is 0 Å². The maximum atomic E-state index is 13.0. The van der Waals surface area contributed by atoms with Gasteiger partial charge in [-0.2, -0.15) is 18.3 Å². The van der Waals surface area contributed by atoms with Gasteiger partial charge in [0.15, 0.2) is 5.69 Å². The van der Waals surface area contributed by atoms with E-state index in [1.807, 2.05) is 24.4 Å². The second-order valence-corrected chi connectivity index (χ2v) is 9.42. The van der Waals surface area contributed by atoms with Crippen molar-refractivity contribution in [1.82, 2.24) is 30.4 Å². The van der Waals surface area contributed by atoms with Crippen LogP contribution in [0.3, 0.4) is 0 Å². The zero-order valence-corrected chi connectivity index (χ0v) is 20.3. The van der Waals surface area contributed by atoms with Crippen LogP contribution in [0.15, 0.2) is 47.2 Å². The smallest absolute Gasteiger partial charge is 0.361 e. The molecule has 186 valence electrons. The number of carbonyl (C=O) groups is 2. The van der Waals surface area contributed by atoms with Crippen molar-refractivity contribution in [1.29, 1.82) is 0 Å². The first-order valence-electron chi connectivity index (χ1n) is 11.1. The normalized spacial score (nSPS) is 13.6. The predicted octanol–water partition coefficient (Wildman–Crippen LogP) is 4.12. The summed E-state index contributed by atoms with van der Waals surface area (Å²) in [5.41, 5.74) is 2.95. The number of rotatable bonds is 5. The standard InChI is InChI=1S/C24H20BrF3N6O2/c25-15-2-3-18-17(8-15)14(11-29-18)7-21(35)34-6-5-16-19(12-34)32-33-22(16)23(36)31-10-13-1-4-20(30-9-13)24(26,27)28/h1-4,8-9,11,29H,5-7,10,12H2,(H,31,36)(H,32,33). The van der Waals surface area contributed by atoms with Crippen molar-refractivity contribution in [2.75, 3.05) is 6.54 Å². The van der Waals surface area contributed by atoms with E-state index in [9.17, 15) is 22.8 Å². The summed E-state index contributed by atoms with van der Waals surface area (Å²) in [4.78, 5) is 34.0. The van der Waals surface area contributed by atoms with Crippen molar-refractivity contribution in [2.45, 2.75) is 32.1 Å². The molecular weight excluding hydrogens is 541 g/mol. The van der Waals surface area contributed by atoms with Crippen LogP contribution in [0.4, 0.5) is 13.2 Å². The molecule has 0 aliphatic carbocycles. The van der Waals surface area contributed by atoms with Gasteiger partial charge in [0.2, 0.25) is 5.91 Å². The van der Waals surface area contributed by atoms with Gasteiger partial charge >= 0.3 is 6.18 Å². The van der Waals surface area contributed by atoms with Crippen molar-refractivity contribution >= 4 is 38.6 Å². The number of nitrogens with zero attached hydrogens (tertiary/aromatic N) is 3. The Morgan fingerprint density at radius 2 is 2.03 bits per heavy atom. The summed E-state index contributed by atoms with van der Waals surface area (Å²) in [5.74, 6) is -0.478. The number of amides is 2. The lowest BCUT2D eigenvalue weighted by Gasteiger charge is -2.27. The lowest BCUT2D eigenvalue weighted by atomic mass is 10.0. The molecule has 8 nitrogen and oxygen atoms in total. The van der Waals surface area contributed by atoms with Crippen molar-refractivity contribution in [3.05, 3.63) is 81.0 Å². The molecule has 0 fully saturated rings. The minimum absolute atomic E-state index is 0.0109. The van der Waals surface area contributed by atoms with Gasteiger partial charge in [0.1, 0.15) is 5.69 Å². The number of nitrogens with one attached hydrogen (secondary N) is 3. The van der Waals surface area contributed by atoms with Crippen LogP contribution in [0, 0.1) is 0 Å². The summed E-state index contributed by atoms with van der Waals surface area (Å²) >= 11 is 3.46. The van der Waals surface area contributed by atoms with E-state index in [0.29, 0.717) is 30.8 Å². The van der Waals surface area contributed by atoms with E-state index in [1.165, 1.54) is 6.07 Å². The Bertz CT molecular complexity index is 1440. The number of hydrogen-bond donors (Lipinski definition) is 3. The fraction of sp³-hybridized carbons (Fsp3) is 0.250. The summed E-state index contributed by atoms with van der Waals surface area (Å²) in [5, 5.41) is 10.6. The minimum Gasteiger partial charge on any atom is -0.361 e. The molecule has 1 aliphatic rings. The highest BCUT2D eigenvalue weighted by Gasteiger charge is 2.32. The van der Waals surface area contributed by atoms with E-state index in [0.717, 1.165) is 38.8 Å². The predicted molar refractivity (Wildman–Crippen MR) is 128 cm³/mol. The number of alkyl halides is 3. The Hall–Kier alpha value is -3.67. The first kappa shape index (κ1) is 24.0. The molecule has 4 heterocycles. The highest BCUT2D eigenvalue weighted by Crippen LogP contribution is 2.27. The highest BCUT2D eigenvalue weighted by atomic mass is 79.9. The third-order valence-corrected chi connectivity index (χ3v) is 6.63. The van der Waals surface area contributed by atoms with Crippen LogP contribution in [0.5, 0.6) is 0 Å². The molecule has 0 unspecified atom stereocenters. The van der Waals surface area contributed by atoms with Crippen LogP contribution in [-0.2, 0) is 36.9 Å². The molecule has 1 aliphatic heterocycles. The van der Waals surface area contributed by atoms with Crippen LogP contribution in [0.1, 0.15) is 38.6 Å². The Balaban J connectivity index is 1.21. The third-order valence-electron chi connectivity index (χ3n) is 6.14. The molecule has 0 saturated heterocycles. The molecule has 2 amide bonds. The Morgan fingerprint density at radius 3 is 2.78 bits per heavy atom. The van der Waals surface area contributed by atoms with Crippen molar-refractivity contribution in [2.24, 2.45) is 0 Å². The first-order chi connectivity index (χ1) is 17.2. The number of aromatic amines is 2. The molecule has 0 bridgehead atoms. The fourth-order valence-electron chi connectivity index (χ4n) is 4.25. The number of pyridine rings is 1. The number of fused-ring (bicyclic) bond motifs is 2. The van der Waals surface area contributed by atoms with E-state index in [-0.39, 0.29) is 24.6 Å². The molecule has 3 N–H and O–H groups in total. The van der Waals surface area contributed by atoms with Crippen LogP contribution in [-0.4, -0.2) is 43.4 Å². The molecule has 0 spiro atoms. The molecule has 12 heteroatoms. The van der Waals surface area contributed by atoms with E-state index in [4.69, 9.17) is 0 Å². The number of carbonyl (C=O) groups excluding carboxylic acids is 2. The summed E-state index contributed by atoms with van der Waals surface area (Å²) < 4.78 is 38.9. The average Bonchev–Trinajstić information content (AvgIpc) is 3.45. The van der Waals surface area contributed by atoms with E-state index in [2.05, 4.69) is 41.4 Å². The second-order valence-electron chi connectivity index (χ2n) is 8.51. The van der Waals surface area contributed by atoms with Crippen molar-refractivity contribution in [3.8, 4) is 0 Å². The number of aromatic nitrogens is 4. The van der Waals surface area contributed by atoms with Gasteiger partial charge in [-0.05, 0) is 41.8 Å². The van der Waals surface area contributed by atoms with Gasteiger partial charge in [-0.3, -0.25) is 19.7 Å². The molecule has 0 radical (unpaired) electrons. The number of H-pyrrole nitrogens is 2. The van der Waals surface area contributed by atoms with Crippen LogP contribution < -0.4 is 5.32 Å². The van der Waals surface area contributed by atoms with Gasteiger partial charge in [0.25, 0.3) is 5.91 Å². The molecular formula is C24H20BrF3N6O2. The molecule has 36 heavy (non-hydrogen) atoms. The zero-order valence-electron chi connectivity index (χ0n) is 18.7. The molecule has 0 saturated carbocycles. The van der Waals surface area contributed by atoms with Gasteiger partial charge in [0.05, 0.1) is 18.7 Å². The Labute approximate surface area is 211 Å². The molecule has 1 aromatic carbocycles. The Kier molecular flexibility index (Phi) is 6.29. The van der Waals surface area contributed by atoms with Gasteiger partial charge < -0.3 is 15.2 Å². The first-order valence-corrected chi connectivity index (χ1v) is 11.9. The lowest BCUT2D eigenvalue weighted by Crippen LogP contribution is -2.37. The number of benzene rings is 1. The van der Waals surface area contributed by atoms with E-state index >= 15 is 0 Å². The highest BCUT2D eigenvalue weighted by molar-refractivity contribution is 9.10. The fourth-order valence-corrected chi connectivity index (χ4v) is 4.61. The average molecular weight is 561 g/mol. The molecule has 0 atom stereocenters. The molecule has 4 aromatic rings. The van der Waals surface area contributed by atoms with Crippen LogP contribution in [0.25, 0.3) is 10.9 Å². The van der Waals surface area contributed by atoms with E-state index in [1.54, 1.807) is 4.90 Å². The van der Waals surface area contributed by atoms with Gasteiger partial charge in [-0.1, -0.05) is 22.0 Å². The quantitative estimate of drug-likeness (QED) is 0.341. The summed E-state index contributed by atoms with van der Waals surface area (Å²) in [7, 11) is 0. The maximum Gasteiger partial charge on any atom is 0.433 e. The lowest BCUT2D eigenvalue weighted by molar-refractivity contribution is -0.141. The van der Waals surface area contributed by atoms with Gasteiger partial charge in [0, 0.05) is 46.4 Å². The third kappa shape index (κ3) is 4.85. The number of halogens is 4. The minimum atomic E-state index is -4.52. The van der Waals surface area contributed by atoms with Gasteiger partial charge in [-0.15, -0.1) is 0 Å². The SMILES string of the molecule is O=C(NCc1ccc(C(F)(F)F)nc1)c1n[nH]c2c1CCN(C(=O)Cc1c[nH]c3ccc(Br)cc13)C2. The largest absolute Gasteiger partial charge is 0.433 e. The van der Waals surface area contributed by atoms with E-state index < -0.39 is 17.8 Å².